The van der Waals surface area contributed by atoms with Gasteiger partial charge in [0.25, 0.3) is 0 Å². The Morgan fingerprint density at radius 2 is 1.76 bits per heavy atom. The molecule has 8 rings (SSSR count). The van der Waals surface area contributed by atoms with Crippen LogP contribution in [-0.2, 0) is 33.3 Å². The predicted octanol–water partition coefficient (Wildman–Crippen LogP) is 6.19. The Balaban J connectivity index is 0.000000571. The summed E-state index contributed by atoms with van der Waals surface area (Å²) >= 11 is 0. The summed E-state index contributed by atoms with van der Waals surface area (Å²) in [5.74, 6) is 2.00. The van der Waals surface area contributed by atoms with E-state index in [1.165, 1.54) is 45.4 Å². The normalized spacial score (nSPS) is 48.6. The number of nitrogens with one attached hydrogen (secondary N) is 1. The van der Waals surface area contributed by atoms with Gasteiger partial charge in [-0.05, 0) is 129 Å². The van der Waals surface area contributed by atoms with E-state index in [0.717, 1.165) is 51.3 Å². The first-order chi connectivity index (χ1) is 23.0. The zero-order chi connectivity index (χ0) is 35.2. The van der Waals surface area contributed by atoms with Crippen LogP contribution in [0.25, 0.3) is 0 Å². The molecule has 5 saturated carbocycles. The second-order valence-corrected chi connectivity index (χ2v) is 19.2. The number of rotatable bonds is 5. The number of esters is 2. The van der Waals surface area contributed by atoms with Gasteiger partial charge in [-0.15, -0.1) is 0 Å². The minimum Gasteiger partial charge on any atom is -0.466 e. The molecule has 5 aliphatic carbocycles. The Morgan fingerprint density at radius 1 is 1.02 bits per heavy atom. The molecule has 8 aliphatic rings. The van der Waals surface area contributed by atoms with Gasteiger partial charge in [0.15, 0.2) is 12.4 Å². The van der Waals surface area contributed by atoms with Gasteiger partial charge < -0.3 is 34.1 Å². The molecule has 0 amide bonds. The van der Waals surface area contributed by atoms with Gasteiger partial charge in [-0.2, -0.15) is 0 Å². The quantitative estimate of drug-likeness (QED) is 0.327. The number of ether oxygens (including phenoxy) is 5. The van der Waals surface area contributed by atoms with Crippen LogP contribution in [0.15, 0.2) is 0 Å². The third kappa shape index (κ3) is 5.64. The van der Waals surface area contributed by atoms with E-state index in [1.807, 2.05) is 0 Å². The summed E-state index contributed by atoms with van der Waals surface area (Å²) < 4.78 is 29.9. The molecule has 49 heavy (non-hydrogen) atoms. The van der Waals surface area contributed by atoms with Crippen molar-refractivity contribution in [2.75, 3.05) is 26.3 Å². The van der Waals surface area contributed by atoms with E-state index >= 15 is 0 Å². The fourth-order valence-electron chi connectivity index (χ4n) is 13.9. The summed E-state index contributed by atoms with van der Waals surface area (Å²) in [6.45, 7) is 20.7. The lowest BCUT2D eigenvalue weighted by molar-refractivity contribution is -0.235. The van der Waals surface area contributed by atoms with Gasteiger partial charge >= 0.3 is 11.9 Å². The van der Waals surface area contributed by atoms with Crippen LogP contribution in [-0.4, -0.2) is 79.7 Å². The molecule has 0 radical (unpaired) electrons. The molecule has 5 unspecified atom stereocenters. The largest absolute Gasteiger partial charge is 0.466 e. The summed E-state index contributed by atoms with van der Waals surface area (Å²) in [6, 6.07) is 0. The first-order valence-corrected chi connectivity index (χ1v) is 19.7. The zero-order valence-corrected chi connectivity index (χ0v) is 31.6. The lowest BCUT2D eigenvalue weighted by Gasteiger charge is -2.63. The topological polar surface area (TPSA) is 113 Å². The number of hydrogen-bond acceptors (Lipinski definition) is 9. The van der Waals surface area contributed by atoms with Crippen molar-refractivity contribution in [3.05, 3.63) is 0 Å². The molecule has 0 aromatic carbocycles. The van der Waals surface area contributed by atoms with Crippen LogP contribution in [0.4, 0.5) is 0 Å². The number of fused-ring (bicyclic) bond motifs is 4. The smallest absolute Gasteiger partial charge is 0.305 e. The molecule has 9 heteroatoms. The number of carbonyl (C=O) groups excluding carboxylic acids is 2. The molecule has 3 aliphatic heterocycles. The standard InChI is InChI=1S/C36H59NO6.C4H6O2/c1-21-17-23(30(32(5,6)39)41-22(2)38)42-24-18-34(8)26-10-9-25-31(3,4)27(43-28-19-37-15-16-40-28)11-12-35(25)20-36(26,35)14-13-33(34,7)29(21)24;5-4-2-1-3-6-4/h21,23-30,37,39H,9-20H2,1-8H3;1-3H2/t21-,23?,24?,25?,26+,27+,28?,29?,30+,33-,34+,35-,36+;/m1./s1. The third-order valence-electron chi connectivity index (χ3n) is 16.0. The van der Waals surface area contributed by atoms with E-state index in [1.54, 1.807) is 13.8 Å². The van der Waals surface area contributed by atoms with Crippen LogP contribution >= 0.6 is 0 Å². The van der Waals surface area contributed by atoms with Crippen molar-refractivity contribution in [3.63, 3.8) is 0 Å². The molecular weight excluding hydrogens is 622 g/mol. The first kappa shape index (κ1) is 36.1. The number of cyclic esters (lactones) is 1. The Hall–Kier alpha value is -1.26. The highest BCUT2D eigenvalue weighted by Gasteiger charge is 2.83. The van der Waals surface area contributed by atoms with Gasteiger partial charge in [0.05, 0.1) is 37.1 Å². The zero-order valence-electron chi connectivity index (χ0n) is 31.6. The number of hydrogen-bond donors (Lipinski definition) is 2. The average Bonchev–Trinajstić information content (AvgIpc) is 3.29. The molecule has 8 fully saturated rings. The van der Waals surface area contributed by atoms with Crippen molar-refractivity contribution in [1.82, 2.24) is 5.32 Å². The van der Waals surface area contributed by atoms with Crippen molar-refractivity contribution in [3.8, 4) is 0 Å². The van der Waals surface area contributed by atoms with E-state index in [2.05, 4.69) is 44.7 Å². The molecular formula is C40H65NO8. The summed E-state index contributed by atoms with van der Waals surface area (Å²) in [5, 5.41) is 14.4. The van der Waals surface area contributed by atoms with Crippen LogP contribution in [0.5, 0.6) is 0 Å². The Kier molecular flexibility index (Phi) is 9.15. The van der Waals surface area contributed by atoms with E-state index in [9.17, 15) is 14.7 Å². The Morgan fingerprint density at radius 3 is 2.37 bits per heavy atom. The Labute approximate surface area is 294 Å². The fourth-order valence-corrected chi connectivity index (χ4v) is 13.9. The van der Waals surface area contributed by atoms with Gasteiger partial charge in [0.1, 0.15) is 0 Å². The third-order valence-corrected chi connectivity index (χ3v) is 16.0. The first-order valence-electron chi connectivity index (χ1n) is 19.7. The van der Waals surface area contributed by atoms with Crippen LogP contribution in [0, 0.1) is 50.7 Å². The van der Waals surface area contributed by atoms with E-state index in [0.29, 0.717) is 41.6 Å². The van der Waals surface area contributed by atoms with Crippen molar-refractivity contribution in [2.24, 2.45) is 50.7 Å². The van der Waals surface area contributed by atoms with Gasteiger partial charge in [-0.1, -0.05) is 34.6 Å². The van der Waals surface area contributed by atoms with Crippen molar-refractivity contribution < 1.29 is 38.4 Å². The molecule has 3 heterocycles. The van der Waals surface area contributed by atoms with Crippen LogP contribution in [0.1, 0.15) is 126 Å². The lowest BCUT2D eigenvalue weighted by atomic mass is 9.41. The van der Waals surface area contributed by atoms with Gasteiger partial charge in [0, 0.05) is 26.4 Å². The average molecular weight is 688 g/mol. The van der Waals surface area contributed by atoms with Crippen molar-refractivity contribution in [1.29, 1.82) is 0 Å². The second-order valence-electron chi connectivity index (χ2n) is 19.2. The molecule has 2 spiro atoms. The highest BCUT2D eigenvalue weighted by atomic mass is 16.7. The SMILES string of the molecule is CC(=O)O[C@@H](C1C[C@@H](C)C2C(C[C@@]3(C)[C@@H]4CCC5C(C)(C)[C@@H](OC6CNCCO6)CC[C@@]56C[C@@]46CC[C@]23C)O1)C(C)(C)O.O=C1CCCO1. The summed E-state index contributed by atoms with van der Waals surface area (Å²) in [5.41, 5.74) is 0.370. The number of carbonyl (C=O) groups is 2. The highest BCUT2D eigenvalue weighted by molar-refractivity contribution is 5.70. The predicted molar refractivity (Wildman–Crippen MR) is 184 cm³/mol. The Bertz CT molecular complexity index is 1270. The van der Waals surface area contributed by atoms with E-state index in [4.69, 9.17) is 18.9 Å². The van der Waals surface area contributed by atoms with Gasteiger partial charge in [-0.3, -0.25) is 9.59 Å². The summed E-state index contributed by atoms with van der Waals surface area (Å²) in [6.07, 6.45) is 11.9. The van der Waals surface area contributed by atoms with Crippen LogP contribution in [0.2, 0.25) is 0 Å². The number of morpholine rings is 1. The van der Waals surface area contributed by atoms with Crippen molar-refractivity contribution >= 4 is 11.9 Å². The minimum atomic E-state index is -1.15. The van der Waals surface area contributed by atoms with E-state index in [-0.39, 0.29) is 52.8 Å². The van der Waals surface area contributed by atoms with E-state index < -0.39 is 11.7 Å². The highest BCUT2D eigenvalue weighted by Crippen LogP contribution is 2.89. The molecule has 0 aromatic rings. The molecule has 3 saturated heterocycles. The second kappa shape index (κ2) is 12.4. The molecule has 13 atom stereocenters. The summed E-state index contributed by atoms with van der Waals surface area (Å²) in [7, 11) is 0. The van der Waals surface area contributed by atoms with Crippen LogP contribution < -0.4 is 5.32 Å². The molecule has 9 nitrogen and oxygen atoms in total. The summed E-state index contributed by atoms with van der Waals surface area (Å²) in [4.78, 5) is 22.1. The molecule has 0 bridgehead atoms. The van der Waals surface area contributed by atoms with Crippen molar-refractivity contribution in [2.45, 2.75) is 162 Å². The molecule has 0 aromatic heterocycles. The van der Waals surface area contributed by atoms with Gasteiger partial charge in [-0.25, -0.2) is 0 Å². The maximum absolute atomic E-state index is 12.0. The minimum absolute atomic E-state index is 0.0463. The maximum Gasteiger partial charge on any atom is 0.305 e. The monoisotopic (exact) mass is 687 g/mol. The number of aliphatic hydroxyl groups is 1. The fraction of sp³-hybridized carbons (Fsp3) is 0.950. The van der Waals surface area contributed by atoms with Crippen LogP contribution in [0.3, 0.4) is 0 Å². The maximum atomic E-state index is 12.0. The molecule has 2 N–H and O–H groups in total. The van der Waals surface area contributed by atoms with Gasteiger partial charge in [0.2, 0.25) is 0 Å². The lowest BCUT2D eigenvalue weighted by Crippen LogP contribution is -2.59. The molecule has 278 valence electrons.